The average Bonchev–Trinajstić information content (AvgIpc) is 1.76. The van der Waals surface area contributed by atoms with E-state index in [9.17, 15) is 0 Å². The Balaban J connectivity index is 0.000000127. The summed E-state index contributed by atoms with van der Waals surface area (Å²) in [6.45, 7) is 7.71. The second-order valence-electron chi connectivity index (χ2n) is 23.8. The Morgan fingerprint density at radius 3 is 1.23 bits per heavy atom. The minimum absolute atomic E-state index is 0.657. The number of anilines is 7. The van der Waals surface area contributed by atoms with Crippen molar-refractivity contribution in [2.24, 2.45) is 15.5 Å². The normalized spacial score (nSPS) is 14.2. The van der Waals surface area contributed by atoms with E-state index in [0.29, 0.717) is 17.5 Å². The fraction of sp³-hybridized carbons (Fsp3) is 0.260. The maximum atomic E-state index is 5.77. The second-order valence-corrected chi connectivity index (χ2v) is 23.8. The minimum Gasteiger partial charge on any atom is -0.495 e. The van der Waals surface area contributed by atoms with E-state index in [1.165, 1.54) is 0 Å². The van der Waals surface area contributed by atoms with E-state index in [2.05, 4.69) is 90.5 Å². The molecule has 0 atom stereocenters. The molecule has 0 spiro atoms. The number of nitrogens with zero attached hydrogens (tertiary/aromatic N) is 16. The zero-order valence-corrected chi connectivity index (χ0v) is 55.7. The SMILES string of the molecule is CO/N=C(/C)c1ccc(Nc2nc(-c3cnc4c(c3)CCCO4)cn3ccnc23)cc1.CO/N=C(\C)c1ccc(Nc2nc(-c3cnc4c(c3)CCCO4)cn3ccnc23)cc1.CON=C1CCN(c2ccc(Nc3nc(-c4cnc5c(c4)CCCO5)cn4ccnc34)cc2OC)CC1. The molecule has 0 aliphatic carbocycles. The van der Waals surface area contributed by atoms with Crippen LogP contribution in [0.15, 0.2) is 175 Å². The third-order valence-electron chi connectivity index (χ3n) is 17.2. The van der Waals surface area contributed by atoms with Gasteiger partial charge in [-0.1, -0.05) is 39.7 Å². The third-order valence-corrected chi connectivity index (χ3v) is 17.2. The number of rotatable bonds is 16. The summed E-state index contributed by atoms with van der Waals surface area (Å²) in [6.07, 6.45) is 30.0. The Kier molecular flexibility index (Phi) is 19.1. The average molecular weight is 1330 g/mol. The van der Waals surface area contributed by atoms with Gasteiger partial charge in [0.1, 0.15) is 27.1 Å². The Hall–Kier alpha value is -12.2. The molecule has 1 fully saturated rings. The maximum Gasteiger partial charge on any atom is 0.216 e. The van der Waals surface area contributed by atoms with Gasteiger partial charge in [-0.25, -0.2) is 44.9 Å². The number of oxime groups is 3. The van der Waals surface area contributed by atoms with E-state index >= 15 is 0 Å². The molecule has 13 heterocycles. The quantitative estimate of drug-likeness (QED) is 0.0599. The fourth-order valence-electron chi connectivity index (χ4n) is 12.2. The number of aromatic nitrogens is 12. The lowest BCUT2D eigenvalue weighted by Gasteiger charge is -2.30. The van der Waals surface area contributed by atoms with Crippen LogP contribution in [0.5, 0.6) is 23.4 Å². The molecule has 1 saturated heterocycles. The largest absolute Gasteiger partial charge is 0.495 e. The predicted molar refractivity (Wildman–Crippen MR) is 380 cm³/mol. The van der Waals surface area contributed by atoms with E-state index < -0.39 is 0 Å². The van der Waals surface area contributed by atoms with Crippen LogP contribution < -0.4 is 39.8 Å². The maximum absolute atomic E-state index is 5.77. The molecule has 0 saturated carbocycles. The van der Waals surface area contributed by atoms with E-state index in [1.54, 1.807) is 47.0 Å². The topological polar surface area (TPSA) is 270 Å². The molecule has 12 aromatic rings. The lowest BCUT2D eigenvalue weighted by Crippen LogP contribution is -2.34. The second kappa shape index (κ2) is 29.4. The van der Waals surface area contributed by atoms with Crippen molar-refractivity contribution in [3.05, 3.63) is 187 Å². The van der Waals surface area contributed by atoms with Crippen molar-refractivity contribution in [2.75, 3.05) is 82.2 Å². The number of ether oxygens (including phenoxy) is 4. The molecule has 0 unspecified atom stereocenters. The Morgan fingerprint density at radius 1 is 0.455 bits per heavy atom. The van der Waals surface area contributed by atoms with Crippen LogP contribution in [0.3, 0.4) is 0 Å². The zero-order valence-electron chi connectivity index (χ0n) is 55.7. The lowest BCUT2D eigenvalue weighted by atomic mass is 10.1. The summed E-state index contributed by atoms with van der Waals surface area (Å²) in [6, 6.07) is 28.3. The highest BCUT2D eigenvalue weighted by atomic mass is 16.6. The molecule has 26 heteroatoms. The van der Waals surface area contributed by atoms with Crippen molar-refractivity contribution < 1.29 is 33.5 Å². The van der Waals surface area contributed by atoms with Crippen molar-refractivity contribution in [1.82, 2.24) is 58.1 Å². The van der Waals surface area contributed by atoms with E-state index in [1.807, 2.05) is 143 Å². The summed E-state index contributed by atoms with van der Waals surface area (Å²) in [7, 11) is 6.37. The number of fused-ring (bicyclic) bond motifs is 6. The third kappa shape index (κ3) is 14.5. The van der Waals surface area contributed by atoms with Crippen LogP contribution in [0.2, 0.25) is 0 Å². The molecule has 0 amide bonds. The number of hydrogen-bond acceptors (Lipinski definition) is 23. The molecule has 9 aromatic heterocycles. The summed E-state index contributed by atoms with van der Waals surface area (Å²) < 4.78 is 28.6. The monoisotopic (exact) mass is 1330 g/mol. The fourth-order valence-corrected chi connectivity index (χ4v) is 12.2. The molecular weight excluding hydrogens is 1250 g/mol. The number of hydrogen-bond donors (Lipinski definition) is 3. The molecule has 0 bridgehead atoms. The Bertz CT molecular complexity index is 4760. The molecule has 502 valence electrons. The first-order valence-corrected chi connectivity index (χ1v) is 32.7. The number of benzene rings is 3. The summed E-state index contributed by atoms with van der Waals surface area (Å²) >= 11 is 0. The first kappa shape index (κ1) is 64.1. The van der Waals surface area contributed by atoms with Crippen molar-refractivity contribution in [3.63, 3.8) is 0 Å². The summed E-state index contributed by atoms with van der Waals surface area (Å²) in [5, 5.41) is 22.3. The van der Waals surface area contributed by atoms with Crippen LogP contribution in [-0.2, 0) is 33.8 Å². The molecule has 0 radical (unpaired) electrons. The Labute approximate surface area is 570 Å². The number of methoxy groups -OCH3 is 1. The van der Waals surface area contributed by atoms with Gasteiger partial charge in [-0.2, -0.15) is 0 Å². The number of imidazole rings is 3. The first-order chi connectivity index (χ1) is 48.6. The number of piperidine rings is 1. The standard InChI is InChI=1S/C27H29N7O3.2C23H22N6O2/c1-35-24-15-21(5-6-23(24)33-10-7-20(8-11-33)32-36-2)30-25-26-28-9-12-34(26)17-22(31-25)19-14-18-4-3-13-37-27(18)29-16-19;2*1-15(28-30-2)16-5-7-19(8-6-16)26-21-22-24-9-10-29(22)14-20(27-21)18-12-17-4-3-11-31-23(17)25-13-18/h5-6,9,12,14-17H,3-4,7-8,10-11,13H2,1-2H3,(H,30,31);2*5-10,12-14H,3-4,11H2,1-2H3,(H,26,27)/b;28-15+;28-15-. The van der Waals surface area contributed by atoms with Gasteiger partial charge >= 0.3 is 0 Å². The van der Waals surface area contributed by atoms with Gasteiger partial charge in [-0.3, -0.25) is 0 Å². The van der Waals surface area contributed by atoms with Crippen molar-refractivity contribution in [2.45, 2.75) is 65.2 Å². The van der Waals surface area contributed by atoms with Crippen LogP contribution in [0, 0.1) is 0 Å². The van der Waals surface area contributed by atoms with Crippen molar-refractivity contribution in [3.8, 4) is 57.2 Å². The van der Waals surface area contributed by atoms with Crippen LogP contribution in [-0.4, -0.2) is 137 Å². The molecule has 3 N–H and O–H groups in total. The van der Waals surface area contributed by atoms with E-state index in [-0.39, 0.29) is 0 Å². The number of pyridine rings is 3. The Morgan fingerprint density at radius 2 is 0.848 bits per heavy atom. The van der Waals surface area contributed by atoms with Gasteiger partial charge in [0.05, 0.1) is 66.8 Å². The highest BCUT2D eigenvalue weighted by molar-refractivity contribution is 5.99. The molecular formula is C73H73N19O7. The van der Waals surface area contributed by atoms with Gasteiger partial charge < -0.3 is 67.5 Å². The van der Waals surface area contributed by atoms with Crippen LogP contribution in [0.4, 0.5) is 40.2 Å². The molecule has 3 aromatic carbocycles. The van der Waals surface area contributed by atoms with Crippen LogP contribution in [0.1, 0.15) is 73.8 Å². The highest BCUT2D eigenvalue weighted by Crippen LogP contribution is 2.37. The number of aryl methyl sites for hydroxylation is 3. The highest BCUT2D eigenvalue weighted by Gasteiger charge is 2.23. The first-order valence-electron chi connectivity index (χ1n) is 32.7. The summed E-state index contributed by atoms with van der Waals surface area (Å²) in [4.78, 5) is 58.5. The van der Waals surface area contributed by atoms with E-state index in [4.69, 9.17) is 48.4 Å². The van der Waals surface area contributed by atoms with Gasteiger partial charge in [0, 0.05) is 157 Å². The van der Waals surface area contributed by atoms with Gasteiger partial charge in [-0.15, -0.1) is 0 Å². The lowest BCUT2D eigenvalue weighted by molar-refractivity contribution is 0.211. The predicted octanol–water partition coefficient (Wildman–Crippen LogP) is 12.9. The van der Waals surface area contributed by atoms with Crippen molar-refractivity contribution >= 4 is 74.3 Å². The summed E-state index contributed by atoms with van der Waals surface area (Å²) in [5.74, 6) is 4.98. The van der Waals surface area contributed by atoms with Gasteiger partial charge in [0.2, 0.25) is 17.6 Å². The van der Waals surface area contributed by atoms with Gasteiger partial charge in [-0.05, 0) is 118 Å². The van der Waals surface area contributed by atoms with Crippen LogP contribution in [0.25, 0.3) is 50.7 Å². The molecule has 99 heavy (non-hydrogen) atoms. The molecule has 26 nitrogen and oxygen atoms in total. The van der Waals surface area contributed by atoms with Gasteiger partial charge in [0.15, 0.2) is 34.4 Å². The van der Waals surface area contributed by atoms with Crippen molar-refractivity contribution in [1.29, 1.82) is 0 Å². The molecule has 4 aliphatic heterocycles. The van der Waals surface area contributed by atoms with Gasteiger partial charge in [0.25, 0.3) is 0 Å². The zero-order chi connectivity index (χ0) is 67.6. The number of nitrogens with one attached hydrogen (secondary N) is 3. The molecule has 4 aliphatic rings. The minimum atomic E-state index is 0.657. The molecule has 16 rings (SSSR count). The smallest absolute Gasteiger partial charge is 0.216 e. The summed E-state index contributed by atoms with van der Waals surface area (Å²) in [5.41, 5.74) is 19.3. The van der Waals surface area contributed by atoms with Crippen LogP contribution >= 0.6 is 0 Å². The van der Waals surface area contributed by atoms with E-state index in [0.717, 1.165) is 226 Å².